The van der Waals surface area contributed by atoms with Gasteiger partial charge in [-0.3, -0.25) is 0 Å². The molecule has 0 aromatic heterocycles. The Morgan fingerprint density at radius 1 is 1.06 bits per heavy atom. The van der Waals surface area contributed by atoms with Crippen molar-refractivity contribution in [2.75, 3.05) is 5.73 Å². The van der Waals surface area contributed by atoms with E-state index < -0.39 is 0 Å². The molecule has 4 heteroatoms. The predicted molar refractivity (Wildman–Crippen MR) is 69.1 cm³/mol. The lowest BCUT2D eigenvalue weighted by atomic mass is 10.3. The first-order valence-corrected chi connectivity index (χ1v) is 6.25. The third-order valence-corrected chi connectivity index (χ3v) is 3.67. The van der Waals surface area contributed by atoms with Crippen LogP contribution in [-0.2, 0) is 0 Å². The number of halogens is 2. The summed E-state index contributed by atoms with van der Waals surface area (Å²) in [5, 5.41) is 0. The molecule has 0 atom stereocenters. The number of nitrogens with two attached hydrogens (primary N) is 1. The average molecular weight is 298 g/mol. The third-order valence-electron chi connectivity index (χ3n) is 2.05. The lowest BCUT2D eigenvalue weighted by molar-refractivity contribution is 0.629. The van der Waals surface area contributed by atoms with E-state index in [0.717, 1.165) is 14.3 Å². The number of benzene rings is 2. The molecule has 0 fully saturated rings. The van der Waals surface area contributed by atoms with Crippen molar-refractivity contribution < 1.29 is 4.39 Å². The van der Waals surface area contributed by atoms with Crippen LogP contribution in [0.4, 0.5) is 10.1 Å². The minimum Gasteiger partial charge on any atom is -0.395 e. The van der Waals surface area contributed by atoms with Crippen LogP contribution in [0.3, 0.4) is 0 Å². The first-order valence-electron chi connectivity index (χ1n) is 4.64. The first kappa shape index (κ1) is 11.5. The largest absolute Gasteiger partial charge is 0.395 e. The van der Waals surface area contributed by atoms with Gasteiger partial charge in [-0.2, -0.15) is 0 Å². The van der Waals surface area contributed by atoms with Crippen molar-refractivity contribution >= 4 is 33.4 Å². The van der Waals surface area contributed by atoms with Gasteiger partial charge < -0.3 is 5.73 Å². The Kier molecular flexibility index (Phi) is 3.51. The molecule has 2 rings (SSSR count). The normalized spacial score (nSPS) is 10.4. The van der Waals surface area contributed by atoms with E-state index in [0.29, 0.717) is 0 Å². The number of rotatable bonds is 2. The number of anilines is 1. The van der Waals surface area contributed by atoms with Crippen molar-refractivity contribution in [3.05, 3.63) is 52.8 Å². The molecule has 0 spiro atoms. The van der Waals surface area contributed by atoms with Gasteiger partial charge in [0.2, 0.25) is 0 Å². The Morgan fingerprint density at radius 2 is 1.75 bits per heavy atom. The van der Waals surface area contributed by atoms with E-state index in [1.807, 2.05) is 30.3 Å². The van der Waals surface area contributed by atoms with E-state index in [-0.39, 0.29) is 11.5 Å². The van der Waals surface area contributed by atoms with E-state index in [2.05, 4.69) is 15.9 Å². The maximum absolute atomic E-state index is 13.2. The van der Waals surface area contributed by atoms with Crippen molar-refractivity contribution in [2.45, 2.75) is 9.79 Å². The molecule has 0 unspecified atom stereocenters. The van der Waals surface area contributed by atoms with Gasteiger partial charge in [0.1, 0.15) is 5.82 Å². The van der Waals surface area contributed by atoms with E-state index in [9.17, 15) is 4.39 Å². The van der Waals surface area contributed by atoms with Gasteiger partial charge in [0.05, 0.1) is 5.69 Å². The quantitative estimate of drug-likeness (QED) is 0.836. The van der Waals surface area contributed by atoms with Gasteiger partial charge in [-0.15, -0.1) is 0 Å². The zero-order chi connectivity index (χ0) is 11.5. The SMILES string of the molecule is Nc1c(F)cccc1Sc1ccc(Br)cc1. The molecule has 2 aromatic rings. The molecule has 0 saturated carbocycles. The Bertz CT molecular complexity index is 499. The van der Waals surface area contributed by atoms with Gasteiger partial charge in [-0.25, -0.2) is 4.39 Å². The number of nitrogen functional groups attached to an aromatic ring is 1. The summed E-state index contributed by atoms with van der Waals surface area (Å²) in [4.78, 5) is 1.77. The zero-order valence-electron chi connectivity index (χ0n) is 8.28. The van der Waals surface area contributed by atoms with Crippen LogP contribution in [0.1, 0.15) is 0 Å². The van der Waals surface area contributed by atoms with E-state index in [4.69, 9.17) is 5.73 Å². The summed E-state index contributed by atoms with van der Waals surface area (Å²) in [5.74, 6) is -0.373. The molecule has 0 aliphatic rings. The van der Waals surface area contributed by atoms with Crippen molar-refractivity contribution in [3.8, 4) is 0 Å². The second kappa shape index (κ2) is 4.89. The molecule has 1 nitrogen and oxygen atoms in total. The van der Waals surface area contributed by atoms with Crippen LogP contribution in [0.15, 0.2) is 56.7 Å². The van der Waals surface area contributed by atoms with Gasteiger partial charge in [0, 0.05) is 14.3 Å². The van der Waals surface area contributed by atoms with Gasteiger partial charge in [0.15, 0.2) is 0 Å². The van der Waals surface area contributed by atoms with Gasteiger partial charge in [-0.05, 0) is 36.4 Å². The molecular weight excluding hydrogens is 289 g/mol. The van der Waals surface area contributed by atoms with Crippen molar-refractivity contribution in [1.82, 2.24) is 0 Å². The summed E-state index contributed by atoms with van der Waals surface area (Å²) in [6.07, 6.45) is 0. The van der Waals surface area contributed by atoms with Gasteiger partial charge >= 0.3 is 0 Å². The summed E-state index contributed by atoms with van der Waals surface area (Å²) in [5.41, 5.74) is 5.86. The first-order chi connectivity index (χ1) is 7.66. The highest BCUT2D eigenvalue weighted by Crippen LogP contribution is 2.33. The molecule has 0 amide bonds. The van der Waals surface area contributed by atoms with E-state index in [1.54, 1.807) is 6.07 Å². The highest BCUT2D eigenvalue weighted by atomic mass is 79.9. The van der Waals surface area contributed by atoms with Crippen LogP contribution in [0.2, 0.25) is 0 Å². The van der Waals surface area contributed by atoms with Crippen LogP contribution in [-0.4, -0.2) is 0 Å². The van der Waals surface area contributed by atoms with Crippen molar-refractivity contribution in [3.63, 3.8) is 0 Å². The number of hydrogen-bond donors (Lipinski definition) is 1. The highest BCUT2D eigenvalue weighted by molar-refractivity contribution is 9.10. The molecule has 0 aliphatic carbocycles. The Hall–Kier alpha value is -1.00. The standard InChI is InChI=1S/C12H9BrFNS/c13-8-4-6-9(7-5-8)16-11-3-1-2-10(14)12(11)15/h1-7H,15H2. The molecule has 2 N–H and O–H groups in total. The van der Waals surface area contributed by atoms with Crippen LogP contribution in [0.25, 0.3) is 0 Å². The lowest BCUT2D eigenvalue weighted by Crippen LogP contribution is -1.92. The maximum atomic E-state index is 13.2. The minimum absolute atomic E-state index is 0.204. The monoisotopic (exact) mass is 297 g/mol. The highest BCUT2D eigenvalue weighted by Gasteiger charge is 2.05. The predicted octanol–water partition coefficient (Wildman–Crippen LogP) is 4.32. The topological polar surface area (TPSA) is 26.0 Å². The minimum atomic E-state index is -0.373. The average Bonchev–Trinajstić information content (AvgIpc) is 2.28. The molecule has 82 valence electrons. The summed E-state index contributed by atoms with van der Waals surface area (Å²) < 4.78 is 14.2. The maximum Gasteiger partial charge on any atom is 0.147 e. The van der Waals surface area contributed by atoms with Gasteiger partial charge in [-0.1, -0.05) is 33.8 Å². The third kappa shape index (κ3) is 2.57. The Balaban J connectivity index is 2.27. The van der Waals surface area contributed by atoms with Crippen LogP contribution < -0.4 is 5.73 Å². The number of para-hydroxylation sites is 1. The van der Waals surface area contributed by atoms with Crippen molar-refractivity contribution in [2.24, 2.45) is 0 Å². The molecule has 0 bridgehead atoms. The molecule has 0 aliphatic heterocycles. The smallest absolute Gasteiger partial charge is 0.147 e. The second-order valence-corrected chi connectivity index (χ2v) is 5.24. The Morgan fingerprint density at radius 3 is 2.44 bits per heavy atom. The van der Waals surface area contributed by atoms with E-state index in [1.165, 1.54) is 17.8 Å². The molecular formula is C12H9BrFNS. The lowest BCUT2D eigenvalue weighted by Gasteiger charge is -2.05. The molecule has 16 heavy (non-hydrogen) atoms. The summed E-state index contributed by atoms with van der Waals surface area (Å²) in [6, 6.07) is 12.6. The second-order valence-electron chi connectivity index (χ2n) is 3.21. The molecule has 0 radical (unpaired) electrons. The fourth-order valence-corrected chi connectivity index (χ4v) is 2.38. The number of hydrogen-bond acceptors (Lipinski definition) is 2. The summed E-state index contributed by atoms with van der Waals surface area (Å²) in [7, 11) is 0. The van der Waals surface area contributed by atoms with Crippen LogP contribution >= 0.6 is 27.7 Å². The summed E-state index contributed by atoms with van der Waals surface area (Å²) in [6.45, 7) is 0. The molecule has 0 heterocycles. The van der Waals surface area contributed by atoms with Crippen LogP contribution in [0.5, 0.6) is 0 Å². The fraction of sp³-hybridized carbons (Fsp3) is 0. The Labute approximate surface area is 106 Å². The van der Waals surface area contributed by atoms with Crippen molar-refractivity contribution in [1.29, 1.82) is 0 Å². The fourth-order valence-electron chi connectivity index (χ4n) is 1.24. The van der Waals surface area contributed by atoms with E-state index >= 15 is 0 Å². The van der Waals surface area contributed by atoms with Gasteiger partial charge in [0.25, 0.3) is 0 Å². The molecule has 0 saturated heterocycles. The van der Waals surface area contributed by atoms with Crippen LogP contribution in [0, 0.1) is 5.82 Å². The molecule has 2 aromatic carbocycles. The summed E-state index contributed by atoms with van der Waals surface area (Å²) >= 11 is 4.81. The zero-order valence-corrected chi connectivity index (χ0v) is 10.7.